The summed E-state index contributed by atoms with van der Waals surface area (Å²) in [6, 6.07) is 21.4. The van der Waals surface area contributed by atoms with E-state index in [0.717, 1.165) is 18.8 Å². The van der Waals surface area contributed by atoms with Crippen LogP contribution in [0, 0.1) is 6.92 Å². The third kappa shape index (κ3) is 3.18. The Balaban J connectivity index is 2.14. The summed E-state index contributed by atoms with van der Waals surface area (Å²) in [7, 11) is 0. The molecule has 1 heterocycles. The Bertz CT molecular complexity index is 805. The average molecular weight is 316 g/mol. The second kappa shape index (κ2) is 7.31. The van der Waals surface area contributed by atoms with Crippen LogP contribution >= 0.6 is 0 Å². The van der Waals surface area contributed by atoms with E-state index in [0.29, 0.717) is 0 Å². The first-order valence-electron chi connectivity index (χ1n) is 8.61. The molecule has 0 spiro atoms. The van der Waals surface area contributed by atoms with Crippen molar-refractivity contribution in [2.75, 3.05) is 18.0 Å². The molecule has 0 amide bonds. The molecule has 0 aliphatic heterocycles. The number of hydrogen-bond acceptors (Lipinski definition) is 2. The van der Waals surface area contributed by atoms with Crippen molar-refractivity contribution in [2.45, 2.75) is 20.8 Å². The Labute approximate surface area is 144 Å². The molecule has 2 aromatic carbocycles. The first-order chi connectivity index (χ1) is 11.7. The van der Waals surface area contributed by atoms with Gasteiger partial charge in [0.05, 0.1) is 5.69 Å². The van der Waals surface area contributed by atoms with Gasteiger partial charge in [0.2, 0.25) is 0 Å². The molecule has 1 aromatic heterocycles. The van der Waals surface area contributed by atoms with Gasteiger partial charge in [-0.05, 0) is 61.7 Å². The average Bonchev–Trinajstić information content (AvgIpc) is 2.63. The summed E-state index contributed by atoms with van der Waals surface area (Å²) < 4.78 is 0. The van der Waals surface area contributed by atoms with Gasteiger partial charge in [-0.3, -0.25) is 4.98 Å². The van der Waals surface area contributed by atoms with Crippen molar-refractivity contribution < 1.29 is 0 Å². The summed E-state index contributed by atoms with van der Waals surface area (Å²) in [6.07, 6.45) is 1.86. The SMILES string of the molecule is CCN(CC)c1cccc(-c2cccc(C)c2-c2ccccn2)c1. The van der Waals surface area contributed by atoms with Crippen LogP contribution in [0.15, 0.2) is 66.9 Å². The summed E-state index contributed by atoms with van der Waals surface area (Å²) >= 11 is 0. The highest BCUT2D eigenvalue weighted by molar-refractivity contribution is 5.85. The Hall–Kier alpha value is -2.61. The smallest absolute Gasteiger partial charge is 0.0710 e. The van der Waals surface area contributed by atoms with E-state index in [4.69, 9.17) is 0 Å². The van der Waals surface area contributed by atoms with Crippen LogP contribution in [0.3, 0.4) is 0 Å². The molecule has 2 heteroatoms. The lowest BCUT2D eigenvalue weighted by Crippen LogP contribution is -2.21. The van der Waals surface area contributed by atoms with Crippen LogP contribution < -0.4 is 4.90 Å². The lowest BCUT2D eigenvalue weighted by Gasteiger charge is -2.22. The third-order valence-electron chi connectivity index (χ3n) is 4.48. The van der Waals surface area contributed by atoms with E-state index >= 15 is 0 Å². The number of aromatic nitrogens is 1. The fourth-order valence-electron chi connectivity index (χ4n) is 3.22. The molecule has 0 saturated carbocycles. The second-order valence-corrected chi connectivity index (χ2v) is 5.94. The van der Waals surface area contributed by atoms with Crippen molar-refractivity contribution in [1.29, 1.82) is 0 Å². The van der Waals surface area contributed by atoms with Crippen LogP contribution in [0.25, 0.3) is 22.4 Å². The molecule has 122 valence electrons. The number of nitrogens with zero attached hydrogens (tertiary/aromatic N) is 2. The first kappa shape index (κ1) is 16.3. The maximum Gasteiger partial charge on any atom is 0.0710 e. The minimum Gasteiger partial charge on any atom is -0.372 e. The van der Waals surface area contributed by atoms with Gasteiger partial charge in [-0.2, -0.15) is 0 Å². The van der Waals surface area contributed by atoms with Crippen LogP contribution in [-0.4, -0.2) is 18.1 Å². The molecule has 3 rings (SSSR count). The highest BCUT2D eigenvalue weighted by atomic mass is 15.1. The molecule has 3 aromatic rings. The first-order valence-corrected chi connectivity index (χ1v) is 8.61. The number of anilines is 1. The zero-order valence-electron chi connectivity index (χ0n) is 14.7. The number of aryl methyl sites for hydroxylation is 1. The summed E-state index contributed by atoms with van der Waals surface area (Å²) in [4.78, 5) is 6.95. The molecule has 0 aliphatic carbocycles. The molecular weight excluding hydrogens is 292 g/mol. The monoisotopic (exact) mass is 316 g/mol. The van der Waals surface area contributed by atoms with Gasteiger partial charge < -0.3 is 4.90 Å². The van der Waals surface area contributed by atoms with Crippen LogP contribution in [0.1, 0.15) is 19.4 Å². The van der Waals surface area contributed by atoms with Gasteiger partial charge in [0.25, 0.3) is 0 Å². The van der Waals surface area contributed by atoms with Crippen LogP contribution in [0.4, 0.5) is 5.69 Å². The zero-order valence-corrected chi connectivity index (χ0v) is 14.7. The molecular formula is C22H24N2. The van der Waals surface area contributed by atoms with Crippen LogP contribution in [0.2, 0.25) is 0 Å². The quantitative estimate of drug-likeness (QED) is 0.611. The van der Waals surface area contributed by atoms with Crippen molar-refractivity contribution in [2.24, 2.45) is 0 Å². The fourth-order valence-corrected chi connectivity index (χ4v) is 3.22. The molecule has 24 heavy (non-hydrogen) atoms. The fraction of sp³-hybridized carbons (Fsp3) is 0.227. The van der Waals surface area contributed by atoms with E-state index in [-0.39, 0.29) is 0 Å². The Morgan fingerprint density at radius 2 is 1.67 bits per heavy atom. The number of pyridine rings is 1. The van der Waals surface area contributed by atoms with Gasteiger partial charge in [-0.15, -0.1) is 0 Å². The predicted octanol–water partition coefficient (Wildman–Crippen LogP) is 5.57. The number of benzene rings is 2. The lowest BCUT2D eigenvalue weighted by molar-refractivity contribution is 0.866. The maximum atomic E-state index is 4.58. The van der Waals surface area contributed by atoms with Crippen molar-refractivity contribution in [3.05, 3.63) is 72.4 Å². The van der Waals surface area contributed by atoms with E-state index in [1.165, 1.54) is 27.9 Å². The number of rotatable bonds is 5. The summed E-state index contributed by atoms with van der Waals surface area (Å²) in [6.45, 7) is 8.58. The highest BCUT2D eigenvalue weighted by Crippen LogP contribution is 2.35. The minimum atomic E-state index is 1.01. The normalized spacial score (nSPS) is 10.6. The van der Waals surface area contributed by atoms with Crippen molar-refractivity contribution >= 4 is 5.69 Å². The van der Waals surface area contributed by atoms with Gasteiger partial charge in [-0.25, -0.2) is 0 Å². The third-order valence-corrected chi connectivity index (χ3v) is 4.48. The van der Waals surface area contributed by atoms with Gasteiger partial charge in [0.1, 0.15) is 0 Å². The van der Waals surface area contributed by atoms with Gasteiger partial charge >= 0.3 is 0 Å². The van der Waals surface area contributed by atoms with Crippen molar-refractivity contribution in [3.63, 3.8) is 0 Å². The van der Waals surface area contributed by atoms with Gasteiger partial charge in [-0.1, -0.05) is 36.4 Å². The van der Waals surface area contributed by atoms with E-state index in [1.54, 1.807) is 0 Å². The molecule has 0 atom stereocenters. The van der Waals surface area contributed by atoms with Crippen LogP contribution in [0.5, 0.6) is 0 Å². The molecule has 0 fully saturated rings. The predicted molar refractivity (Wildman–Crippen MR) is 103 cm³/mol. The van der Waals surface area contributed by atoms with E-state index in [1.807, 2.05) is 18.3 Å². The van der Waals surface area contributed by atoms with Crippen LogP contribution in [-0.2, 0) is 0 Å². The molecule has 0 aliphatic rings. The highest BCUT2D eigenvalue weighted by Gasteiger charge is 2.12. The minimum absolute atomic E-state index is 1.01. The largest absolute Gasteiger partial charge is 0.372 e. The zero-order chi connectivity index (χ0) is 16.9. The second-order valence-electron chi connectivity index (χ2n) is 5.94. The Kier molecular flexibility index (Phi) is 4.95. The molecule has 0 saturated heterocycles. The lowest BCUT2D eigenvalue weighted by atomic mass is 9.93. The maximum absolute atomic E-state index is 4.58. The molecule has 0 radical (unpaired) electrons. The van der Waals surface area contributed by atoms with E-state index in [9.17, 15) is 0 Å². The summed E-state index contributed by atoms with van der Waals surface area (Å²) in [5.41, 5.74) is 7.24. The van der Waals surface area contributed by atoms with Gasteiger partial charge in [0, 0.05) is 30.5 Å². The molecule has 0 bridgehead atoms. The summed E-state index contributed by atoms with van der Waals surface area (Å²) in [5, 5.41) is 0. The Morgan fingerprint density at radius 3 is 2.38 bits per heavy atom. The van der Waals surface area contributed by atoms with E-state index in [2.05, 4.69) is 79.2 Å². The number of hydrogen-bond donors (Lipinski definition) is 0. The topological polar surface area (TPSA) is 16.1 Å². The molecule has 0 unspecified atom stereocenters. The van der Waals surface area contributed by atoms with Crippen molar-refractivity contribution in [3.8, 4) is 22.4 Å². The summed E-state index contributed by atoms with van der Waals surface area (Å²) in [5.74, 6) is 0. The Morgan fingerprint density at radius 1 is 0.875 bits per heavy atom. The van der Waals surface area contributed by atoms with E-state index < -0.39 is 0 Å². The van der Waals surface area contributed by atoms with Crippen molar-refractivity contribution in [1.82, 2.24) is 4.98 Å². The standard InChI is InChI=1S/C22H24N2/c1-4-24(5-2)19-12-9-11-18(16-19)20-13-8-10-17(3)22(20)21-14-6-7-15-23-21/h6-16H,4-5H2,1-3H3. The van der Waals surface area contributed by atoms with Gasteiger partial charge in [0.15, 0.2) is 0 Å². The molecule has 2 nitrogen and oxygen atoms in total. The molecule has 0 N–H and O–H groups in total.